The molecule has 1 heterocycles. The van der Waals surface area contributed by atoms with Gasteiger partial charge in [-0.1, -0.05) is 18.2 Å². The van der Waals surface area contributed by atoms with E-state index in [4.69, 9.17) is 9.47 Å². The molecule has 3 aromatic rings. The van der Waals surface area contributed by atoms with Gasteiger partial charge in [0.25, 0.3) is 11.8 Å². The number of aryl methyl sites for hydroxylation is 1. The van der Waals surface area contributed by atoms with Crippen LogP contribution in [0.3, 0.4) is 0 Å². The van der Waals surface area contributed by atoms with Crippen LogP contribution in [0.2, 0.25) is 0 Å². The first kappa shape index (κ1) is 21.4. The number of nitrogens with zero attached hydrogens (tertiary/aromatic N) is 1. The number of carbonyl (C=O) groups excluding carboxylic acids is 2. The molecule has 4 rings (SSSR count). The Morgan fingerprint density at radius 3 is 2.22 bits per heavy atom. The van der Waals surface area contributed by atoms with Crippen molar-refractivity contribution in [3.63, 3.8) is 0 Å². The van der Waals surface area contributed by atoms with Crippen LogP contribution in [-0.2, 0) is 6.42 Å². The van der Waals surface area contributed by atoms with E-state index in [9.17, 15) is 9.59 Å². The maximum atomic E-state index is 13.2. The van der Waals surface area contributed by atoms with Crippen molar-refractivity contribution in [3.8, 4) is 11.5 Å². The maximum absolute atomic E-state index is 13.2. The number of ether oxygens (including phenoxy) is 2. The summed E-state index contributed by atoms with van der Waals surface area (Å²) >= 11 is 0. The average Bonchev–Trinajstić information content (AvgIpc) is 3.06. The summed E-state index contributed by atoms with van der Waals surface area (Å²) in [5.41, 5.74) is 3.80. The van der Waals surface area contributed by atoms with Gasteiger partial charge < -0.3 is 19.7 Å². The largest absolute Gasteiger partial charge is 0.497 e. The number of hydrogen-bond acceptors (Lipinski definition) is 4. The first-order valence-corrected chi connectivity index (χ1v) is 10.6. The number of carbonyl (C=O) groups is 2. The minimum atomic E-state index is -0.289. The Kier molecular flexibility index (Phi) is 6.40. The molecule has 0 aromatic heterocycles. The number of hydrogen-bond donors (Lipinski definition) is 1. The quantitative estimate of drug-likeness (QED) is 0.623. The van der Waals surface area contributed by atoms with Gasteiger partial charge in [-0.15, -0.1) is 0 Å². The molecule has 0 fully saturated rings. The molecule has 3 aromatic carbocycles. The van der Waals surface area contributed by atoms with Crippen molar-refractivity contribution in [3.05, 3.63) is 83.4 Å². The van der Waals surface area contributed by atoms with Gasteiger partial charge in [0.1, 0.15) is 11.5 Å². The Balaban J connectivity index is 1.50. The molecule has 0 unspecified atom stereocenters. The number of methoxy groups -OCH3 is 2. The zero-order valence-corrected chi connectivity index (χ0v) is 18.3. The fourth-order valence-electron chi connectivity index (χ4n) is 3.90. The number of nitrogens with one attached hydrogen (secondary N) is 1. The summed E-state index contributed by atoms with van der Waals surface area (Å²) in [7, 11) is 3.07. The van der Waals surface area contributed by atoms with Crippen molar-refractivity contribution in [2.45, 2.75) is 19.3 Å². The van der Waals surface area contributed by atoms with Gasteiger partial charge in [0, 0.05) is 35.1 Å². The van der Waals surface area contributed by atoms with Gasteiger partial charge in [0.15, 0.2) is 0 Å². The van der Waals surface area contributed by atoms with Gasteiger partial charge in [-0.05, 0) is 67.3 Å². The molecule has 0 atom stereocenters. The monoisotopic (exact) mass is 430 g/mol. The molecule has 6 heteroatoms. The van der Waals surface area contributed by atoms with E-state index in [2.05, 4.69) is 11.4 Å². The first-order valence-electron chi connectivity index (χ1n) is 10.6. The van der Waals surface area contributed by atoms with E-state index in [1.807, 2.05) is 23.1 Å². The van der Waals surface area contributed by atoms with Crippen LogP contribution >= 0.6 is 0 Å². The van der Waals surface area contributed by atoms with Crippen LogP contribution in [0.15, 0.2) is 66.7 Å². The summed E-state index contributed by atoms with van der Waals surface area (Å²) < 4.78 is 10.5. The van der Waals surface area contributed by atoms with E-state index in [0.29, 0.717) is 34.9 Å². The van der Waals surface area contributed by atoms with E-state index in [0.717, 1.165) is 24.9 Å². The Labute approximate surface area is 187 Å². The third kappa shape index (κ3) is 4.59. The van der Waals surface area contributed by atoms with Gasteiger partial charge in [-0.3, -0.25) is 9.59 Å². The molecule has 0 saturated heterocycles. The fraction of sp³-hybridized carbons (Fsp3) is 0.231. The highest BCUT2D eigenvalue weighted by atomic mass is 16.5. The molecule has 1 aliphatic rings. The topological polar surface area (TPSA) is 67.9 Å². The zero-order valence-electron chi connectivity index (χ0n) is 18.3. The molecular weight excluding hydrogens is 404 g/mol. The normalized spacial score (nSPS) is 13.0. The van der Waals surface area contributed by atoms with E-state index >= 15 is 0 Å². The van der Waals surface area contributed by atoms with Crippen molar-refractivity contribution >= 4 is 23.2 Å². The number of rotatable bonds is 5. The third-order valence-corrected chi connectivity index (χ3v) is 5.61. The average molecular weight is 431 g/mol. The van der Waals surface area contributed by atoms with Crippen LogP contribution in [0, 0.1) is 0 Å². The van der Waals surface area contributed by atoms with Crippen molar-refractivity contribution in [2.75, 3.05) is 31.0 Å². The summed E-state index contributed by atoms with van der Waals surface area (Å²) in [5.74, 6) is 0.749. The second kappa shape index (κ2) is 9.56. The van der Waals surface area contributed by atoms with Crippen LogP contribution in [0.1, 0.15) is 39.1 Å². The standard InChI is InChI=1S/C26H26N2O4/c1-31-22-15-20(16-23(17-22)32-2)25(29)27-21-12-10-19(11-13-21)26(30)28-14-6-5-8-18-7-3-4-9-24(18)28/h3-4,7,9-13,15-17H,5-6,8,14H2,1-2H3,(H,27,29). The molecule has 0 spiro atoms. The summed E-state index contributed by atoms with van der Waals surface area (Å²) in [6.45, 7) is 0.700. The Morgan fingerprint density at radius 2 is 1.53 bits per heavy atom. The summed E-state index contributed by atoms with van der Waals surface area (Å²) in [5, 5.41) is 2.86. The van der Waals surface area contributed by atoms with Crippen LogP contribution in [0.25, 0.3) is 0 Å². The van der Waals surface area contributed by atoms with E-state index in [1.165, 1.54) is 19.8 Å². The fourth-order valence-corrected chi connectivity index (χ4v) is 3.90. The number of fused-ring (bicyclic) bond motifs is 1. The molecule has 6 nitrogen and oxygen atoms in total. The molecule has 2 amide bonds. The lowest BCUT2D eigenvalue weighted by Crippen LogP contribution is -2.31. The van der Waals surface area contributed by atoms with Gasteiger partial charge in [0.05, 0.1) is 14.2 Å². The van der Waals surface area contributed by atoms with Gasteiger partial charge in [-0.2, -0.15) is 0 Å². The van der Waals surface area contributed by atoms with Crippen LogP contribution < -0.4 is 19.7 Å². The molecule has 0 saturated carbocycles. The van der Waals surface area contributed by atoms with Gasteiger partial charge >= 0.3 is 0 Å². The molecule has 0 radical (unpaired) electrons. The van der Waals surface area contributed by atoms with Crippen LogP contribution in [0.5, 0.6) is 11.5 Å². The molecule has 0 aliphatic carbocycles. The molecular formula is C26H26N2O4. The minimum absolute atomic E-state index is 0.0326. The van der Waals surface area contributed by atoms with E-state index in [1.54, 1.807) is 42.5 Å². The zero-order chi connectivity index (χ0) is 22.5. The molecule has 1 N–H and O–H groups in total. The first-order chi connectivity index (χ1) is 15.6. The van der Waals surface area contributed by atoms with Crippen molar-refractivity contribution in [2.24, 2.45) is 0 Å². The van der Waals surface area contributed by atoms with Crippen molar-refractivity contribution < 1.29 is 19.1 Å². The van der Waals surface area contributed by atoms with Crippen molar-refractivity contribution in [1.82, 2.24) is 0 Å². The smallest absolute Gasteiger partial charge is 0.258 e. The number of anilines is 2. The van der Waals surface area contributed by atoms with Gasteiger partial charge in [0.2, 0.25) is 0 Å². The van der Waals surface area contributed by atoms with Crippen molar-refractivity contribution in [1.29, 1.82) is 0 Å². The molecule has 0 bridgehead atoms. The lowest BCUT2D eigenvalue weighted by molar-refractivity contribution is 0.0985. The molecule has 164 valence electrons. The number of para-hydroxylation sites is 1. The third-order valence-electron chi connectivity index (χ3n) is 5.61. The van der Waals surface area contributed by atoms with E-state index < -0.39 is 0 Å². The second-order valence-electron chi connectivity index (χ2n) is 7.68. The lowest BCUT2D eigenvalue weighted by Gasteiger charge is -2.23. The predicted octanol–water partition coefficient (Wildman–Crippen LogP) is 4.94. The maximum Gasteiger partial charge on any atom is 0.258 e. The molecule has 1 aliphatic heterocycles. The number of amides is 2. The Morgan fingerprint density at radius 1 is 0.844 bits per heavy atom. The van der Waals surface area contributed by atoms with Crippen LogP contribution in [-0.4, -0.2) is 32.6 Å². The summed E-state index contributed by atoms with van der Waals surface area (Å²) in [4.78, 5) is 27.8. The highest BCUT2D eigenvalue weighted by Crippen LogP contribution is 2.28. The summed E-state index contributed by atoms with van der Waals surface area (Å²) in [6.07, 6.45) is 3.03. The van der Waals surface area contributed by atoms with E-state index in [-0.39, 0.29) is 11.8 Å². The lowest BCUT2D eigenvalue weighted by atomic mass is 10.1. The highest BCUT2D eigenvalue weighted by molar-refractivity contribution is 6.08. The van der Waals surface area contributed by atoms with Crippen LogP contribution in [0.4, 0.5) is 11.4 Å². The number of benzene rings is 3. The SMILES string of the molecule is COc1cc(OC)cc(C(=O)Nc2ccc(C(=O)N3CCCCc4ccccc43)cc2)c1. The van der Waals surface area contributed by atoms with Gasteiger partial charge in [-0.25, -0.2) is 0 Å². The predicted molar refractivity (Wildman–Crippen MR) is 125 cm³/mol. The minimum Gasteiger partial charge on any atom is -0.497 e. The second-order valence-corrected chi connectivity index (χ2v) is 7.68. The Hall–Kier alpha value is -3.80. The Bertz CT molecular complexity index is 1100. The highest BCUT2D eigenvalue weighted by Gasteiger charge is 2.22. The summed E-state index contributed by atoms with van der Waals surface area (Å²) in [6, 6.07) is 20.1. The molecule has 32 heavy (non-hydrogen) atoms.